The molecule has 0 aromatic heterocycles. The first-order chi connectivity index (χ1) is 11.2. The summed E-state index contributed by atoms with van der Waals surface area (Å²) in [4.78, 5) is 19.2. The molecule has 2 aromatic rings. The number of nitro groups is 2. The third-order valence-electron chi connectivity index (χ3n) is 2.80. The van der Waals surface area contributed by atoms with Crippen molar-refractivity contribution in [2.45, 2.75) is 12.6 Å². The normalized spacial score (nSPS) is 8.20. The minimum Gasteiger partial charge on any atom is -0.457 e. The van der Waals surface area contributed by atoms with E-state index in [1.54, 1.807) is 0 Å². The molecule has 9 N–H and O–H groups in total. The molecule has 0 fully saturated rings. The van der Waals surface area contributed by atoms with Gasteiger partial charge in [0.25, 0.3) is 11.4 Å². The predicted octanol–water partition coefficient (Wildman–Crippen LogP) is -0.601. The Balaban J connectivity index is -0.0000000800. The molecule has 0 amide bonds. The first-order valence-corrected chi connectivity index (χ1v) is 6.43. The van der Waals surface area contributed by atoms with E-state index in [1.165, 1.54) is 48.5 Å². The summed E-state index contributed by atoms with van der Waals surface area (Å²) in [6, 6.07) is 10.0. The summed E-state index contributed by atoms with van der Waals surface area (Å²) in [5.74, 6) is 0. The van der Waals surface area contributed by atoms with E-state index in [2.05, 4.69) is 0 Å². The largest absolute Gasteiger partial charge is 0.457 e. The van der Waals surface area contributed by atoms with Gasteiger partial charge in [-0.1, -0.05) is 0 Å². The zero-order valence-corrected chi connectivity index (χ0v) is 20.3. The van der Waals surface area contributed by atoms with Crippen molar-refractivity contribution in [2.24, 2.45) is 0 Å². The molecule has 16 heteroatoms. The van der Waals surface area contributed by atoms with Gasteiger partial charge in [-0.05, 0) is 24.3 Å². The van der Waals surface area contributed by atoms with Crippen LogP contribution in [-0.4, -0.2) is 35.7 Å². The van der Waals surface area contributed by atoms with Crippen molar-refractivity contribution in [1.82, 2.24) is 0 Å². The summed E-state index contributed by atoms with van der Waals surface area (Å²) < 4.78 is 0. The monoisotopic (exact) mass is 803 g/mol. The van der Waals surface area contributed by atoms with Crippen LogP contribution in [0, 0.1) is 20.2 Å². The third-order valence-corrected chi connectivity index (χ3v) is 2.80. The number of benzene rings is 2. The SMILES string of the molecule is O.O=[N+]([O-])c1ccc(C(O)O)cc1.O=[N+]([O-])c1ccc(C(O)O)cc1.[Ag].[Ag].[Ag].[Ag].[OH3+]. The van der Waals surface area contributed by atoms with Crippen LogP contribution in [0.5, 0.6) is 0 Å². The zero-order chi connectivity index (χ0) is 18.3. The summed E-state index contributed by atoms with van der Waals surface area (Å²) in [6.07, 6.45) is -3.16. The number of aliphatic hydroxyl groups excluding tert-OH is 2. The average Bonchev–Trinajstić information content (AvgIpc) is 2.55. The van der Waals surface area contributed by atoms with Gasteiger partial charge in [0.05, 0.1) is 9.85 Å². The molecule has 0 aliphatic rings. The number of hydrogen-bond donors (Lipinski definition) is 4. The number of nitro benzene ring substituents is 2. The van der Waals surface area contributed by atoms with Crippen LogP contribution in [-0.2, 0) is 95.0 Å². The molecular formula is C14H19Ag4N2O10+. The number of aliphatic hydroxyl groups is 4. The van der Waals surface area contributed by atoms with E-state index in [1.807, 2.05) is 0 Å². The van der Waals surface area contributed by atoms with Gasteiger partial charge in [-0.3, -0.25) is 20.2 Å². The van der Waals surface area contributed by atoms with Crippen molar-refractivity contribution >= 4 is 11.4 Å². The second-order valence-corrected chi connectivity index (χ2v) is 4.44. The predicted molar refractivity (Wildman–Crippen MR) is 89.0 cm³/mol. The maximum atomic E-state index is 10.2. The van der Waals surface area contributed by atoms with Crippen LogP contribution in [0.4, 0.5) is 11.4 Å². The van der Waals surface area contributed by atoms with Crippen LogP contribution in [0.25, 0.3) is 0 Å². The van der Waals surface area contributed by atoms with Crippen molar-refractivity contribution in [3.05, 3.63) is 79.9 Å². The summed E-state index contributed by atoms with van der Waals surface area (Å²) >= 11 is 0. The molecule has 0 unspecified atom stereocenters. The number of hydrogen-bond acceptors (Lipinski definition) is 8. The van der Waals surface area contributed by atoms with Crippen LogP contribution in [0.2, 0.25) is 0 Å². The first kappa shape index (κ1) is 43.8. The molecule has 12 nitrogen and oxygen atoms in total. The van der Waals surface area contributed by atoms with E-state index in [0.29, 0.717) is 0 Å². The second-order valence-electron chi connectivity index (χ2n) is 4.44. The van der Waals surface area contributed by atoms with Gasteiger partial charge in [0.1, 0.15) is 0 Å². The molecule has 0 saturated heterocycles. The molecule has 0 saturated carbocycles. The van der Waals surface area contributed by atoms with Gasteiger partial charge in [0, 0.05) is 125 Å². The smallest absolute Gasteiger partial charge is 0.269 e. The Bertz CT molecular complexity index is 641. The van der Waals surface area contributed by atoms with Crippen molar-refractivity contribution in [2.75, 3.05) is 0 Å². The van der Waals surface area contributed by atoms with E-state index in [-0.39, 0.29) is 123 Å². The van der Waals surface area contributed by atoms with Crippen molar-refractivity contribution < 1.29 is 131 Å². The molecule has 2 aromatic carbocycles. The van der Waals surface area contributed by atoms with Crippen LogP contribution in [0.1, 0.15) is 23.7 Å². The van der Waals surface area contributed by atoms with Crippen LogP contribution in [0.15, 0.2) is 48.5 Å². The summed E-state index contributed by atoms with van der Waals surface area (Å²) in [5, 5.41) is 54.9. The molecule has 188 valence electrons. The Labute approximate surface area is 232 Å². The molecule has 2 rings (SSSR count). The minimum absolute atomic E-state index is 0. The van der Waals surface area contributed by atoms with Crippen molar-refractivity contribution in [1.29, 1.82) is 0 Å². The topological polar surface area (TPSA) is 232 Å². The number of non-ortho nitro benzene ring substituents is 2. The van der Waals surface area contributed by atoms with Gasteiger partial charge in [0.15, 0.2) is 12.6 Å². The molecular weight excluding hydrogens is 788 g/mol. The van der Waals surface area contributed by atoms with Crippen LogP contribution < -0.4 is 0 Å². The zero-order valence-electron chi connectivity index (χ0n) is 14.4. The Morgan fingerprint density at radius 3 is 0.933 bits per heavy atom. The van der Waals surface area contributed by atoms with E-state index >= 15 is 0 Å². The fourth-order valence-electron chi connectivity index (χ4n) is 1.54. The quantitative estimate of drug-likeness (QED) is 0.102. The number of rotatable bonds is 4. The fourth-order valence-corrected chi connectivity index (χ4v) is 1.54. The minimum atomic E-state index is -1.58. The summed E-state index contributed by atoms with van der Waals surface area (Å²) in [6.45, 7) is 0. The molecule has 0 spiro atoms. The Morgan fingerprint density at radius 2 is 0.800 bits per heavy atom. The van der Waals surface area contributed by atoms with Gasteiger partial charge >= 0.3 is 0 Å². The van der Waals surface area contributed by atoms with E-state index in [0.717, 1.165) is 0 Å². The fraction of sp³-hybridized carbons (Fsp3) is 0.143. The summed E-state index contributed by atoms with van der Waals surface area (Å²) in [5.41, 5.74) is 0.333. The van der Waals surface area contributed by atoms with Crippen molar-refractivity contribution in [3.8, 4) is 0 Å². The van der Waals surface area contributed by atoms with Gasteiger partial charge < -0.3 is 31.4 Å². The van der Waals surface area contributed by atoms with E-state index in [9.17, 15) is 20.2 Å². The third kappa shape index (κ3) is 15.7. The maximum Gasteiger partial charge on any atom is 0.269 e. The molecule has 0 bridgehead atoms. The van der Waals surface area contributed by atoms with Crippen LogP contribution in [0.3, 0.4) is 0 Å². The van der Waals surface area contributed by atoms with Gasteiger partial charge in [-0.25, -0.2) is 0 Å². The molecule has 0 aliphatic carbocycles. The Morgan fingerprint density at radius 1 is 0.600 bits per heavy atom. The van der Waals surface area contributed by atoms with Crippen LogP contribution >= 0.6 is 0 Å². The second kappa shape index (κ2) is 22.2. The Hall–Kier alpha value is -0.0390. The molecule has 30 heavy (non-hydrogen) atoms. The molecule has 0 aliphatic heterocycles. The van der Waals surface area contributed by atoms with E-state index in [4.69, 9.17) is 20.4 Å². The first-order valence-electron chi connectivity index (χ1n) is 6.43. The maximum absolute atomic E-state index is 10.2. The Kier molecular flexibility index (Phi) is 32.3. The van der Waals surface area contributed by atoms with Crippen molar-refractivity contribution in [3.63, 3.8) is 0 Å². The average molecular weight is 807 g/mol. The molecule has 4 radical (unpaired) electrons. The van der Waals surface area contributed by atoms with E-state index < -0.39 is 22.4 Å². The molecule has 0 heterocycles. The summed E-state index contributed by atoms with van der Waals surface area (Å²) in [7, 11) is 0. The van der Waals surface area contributed by atoms with Gasteiger partial charge in [-0.2, -0.15) is 0 Å². The number of nitrogens with zero attached hydrogens (tertiary/aromatic N) is 2. The standard InChI is InChI=1S/2C7H7NO4.4Ag.2H2O/c2*9-7(10)5-1-3-6(4-2-5)8(11)12;;;;;;/h2*1-4,7,9-10H;;;;;2*1H2/p+1. The van der Waals surface area contributed by atoms with Gasteiger partial charge in [0.2, 0.25) is 0 Å². The molecule has 0 atom stereocenters. The van der Waals surface area contributed by atoms with Gasteiger partial charge in [-0.15, -0.1) is 0 Å².